The van der Waals surface area contributed by atoms with Gasteiger partial charge in [-0.3, -0.25) is 4.79 Å². The van der Waals surface area contributed by atoms with E-state index < -0.39 is 17.5 Å². The highest BCUT2D eigenvalue weighted by atomic mass is 79.9. The number of hydrogen-bond acceptors (Lipinski definition) is 2. The number of carbonyl (C=O) groups is 1. The van der Waals surface area contributed by atoms with Crippen molar-refractivity contribution in [3.8, 4) is 5.75 Å². The van der Waals surface area contributed by atoms with E-state index in [-0.39, 0.29) is 17.0 Å². The zero-order valence-corrected chi connectivity index (χ0v) is 11.0. The van der Waals surface area contributed by atoms with Gasteiger partial charge in [0.1, 0.15) is 17.4 Å². The standard InChI is InChI=1S/C13H8BrF2NO2/c14-7-1-4-10(15)12(5-7)17-13(19)9-3-2-8(18)6-11(9)16/h1-6,18H,(H,17,19). The van der Waals surface area contributed by atoms with Gasteiger partial charge in [0, 0.05) is 10.5 Å². The Morgan fingerprint density at radius 2 is 1.84 bits per heavy atom. The van der Waals surface area contributed by atoms with Gasteiger partial charge in [-0.05, 0) is 30.3 Å². The van der Waals surface area contributed by atoms with E-state index in [2.05, 4.69) is 21.2 Å². The molecule has 0 aliphatic heterocycles. The van der Waals surface area contributed by atoms with Gasteiger partial charge >= 0.3 is 0 Å². The number of halogens is 3. The third-order valence-electron chi connectivity index (χ3n) is 2.37. The lowest BCUT2D eigenvalue weighted by atomic mass is 10.2. The van der Waals surface area contributed by atoms with Gasteiger partial charge < -0.3 is 10.4 Å². The highest BCUT2D eigenvalue weighted by molar-refractivity contribution is 9.10. The van der Waals surface area contributed by atoms with Crippen molar-refractivity contribution in [2.24, 2.45) is 0 Å². The van der Waals surface area contributed by atoms with Crippen LogP contribution in [0.4, 0.5) is 14.5 Å². The molecule has 0 aromatic heterocycles. The number of nitrogens with one attached hydrogen (secondary N) is 1. The summed E-state index contributed by atoms with van der Waals surface area (Å²) in [6, 6.07) is 7.13. The second-order valence-electron chi connectivity index (χ2n) is 3.74. The minimum absolute atomic E-state index is 0.0631. The number of carbonyl (C=O) groups excluding carboxylic acids is 1. The van der Waals surface area contributed by atoms with Gasteiger partial charge in [-0.25, -0.2) is 8.78 Å². The first-order chi connectivity index (χ1) is 8.97. The van der Waals surface area contributed by atoms with Crippen LogP contribution < -0.4 is 5.32 Å². The van der Waals surface area contributed by atoms with Crippen molar-refractivity contribution in [2.45, 2.75) is 0 Å². The fourth-order valence-electron chi connectivity index (χ4n) is 1.47. The number of aromatic hydroxyl groups is 1. The molecular weight excluding hydrogens is 320 g/mol. The number of amides is 1. The molecule has 0 unspecified atom stereocenters. The average molecular weight is 328 g/mol. The number of hydrogen-bond donors (Lipinski definition) is 2. The molecular formula is C13H8BrF2NO2. The van der Waals surface area contributed by atoms with E-state index >= 15 is 0 Å². The number of rotatable bonds is 2. The largest absolute Gasteiger partial charge is 0.508 e. The van der Waals surface area contributed by atoms with Gasteiger partial charge in [0.05, 0.1) is 11.3 Å². The van der Waals surface area contributed by atoms with Crippen molar-refractivity contribution in [1.82, 2.24) is 0 Å². The lowest BCUT2D eigenvalue weighted by molar-refractivity contribution is 0.102. The summed E-state index contributed by atoms with van der Waals surface area (Å²) >= 11 is 3.14. The van der Waals surface area contributed by atoms with Crippen molar-refractivity contribution in [3.05, 3.63) is 58.1 Å². The van der Waals surface area contributed by atoms with Crippen LogP contribution in [-0.4, -0.2) is 11.0 Å². The van der Waals surface area contributed by atoms with E-state index in [0.29, 0.717) is 4.47 Å². The summed E-state index contributed by atoms with van der Waals surface area (Å²) in [6.07, 6.45) is 0. The second kappa shape index (κ2) is 5.36. The number of anilines is 1. The Morgan fingerprint density at radius 1 is 1.11 bits per heavy atom. The maximum atomic E-state index is 13.5. The molecule has 3 nitrogen and oxygen atoms in total. The minimum atomic E-state index is -0.882. The zero-order chi connectivity index (χ0) is 14.0. The van der Waals surface area contributed by atoms with Crippen LogP contribution in [-0.2, 0) is 0 Å². The average Bonchev–Trinajstić information content (AvgIpc) is 2.33. The van der Waals surface area contributed by atoms with Gasteiger partial charge in [0.25, 0.3) is 5.91 Å². The van der Waals surface area contributed by atoms with E-state index in [1.165, 1.54) is 24.3 Å². The molecule has 0 bridgehead atoms. The maximum Gasteiger partial charge on any atom is 0.258 e. The molecule has 0 radical (unpaired) electrons. The highest BCUT2D eigenvalue weighted by Gasteiger charge is 2.14. The van der Waals surface area contributed by atoms with Gasteiger partial charge in [0.15, 0.2) is 0 Å². The SMILES string of the molecule is O=C(Nc1cc(Br)ccc1F)c1ccc(O)cc1F. The van der Waals surface area contributed by atoms with E-state index in [0.717, 1.165) is 12.1 Å². The molecule has 98 valence electrons. The fraction of sp³-hybridized carbons (Fsp3) is 0. The fourth-order valence-corrected chi connectivity index (χ4v) is 1.83. The van der Waals surface area contributed by atoms with Crippen molar-refractivity contribution in [2.75, 3.05) is 5.32 Å². The molecule has 2 aromatic carbocycles. The van der Waals surface area contributed by atoms with Crippen molar-refractivity contribution < 1.29 is 18.7 Å². The summed E-state index contributed by atoms with van der Waals surface area (Å²) in [5.41, 5.74) is -0.343. The first kappa shape index (κ1) is 13.5. The minimum Gasteiger partial charge on any atom is -0.508 e. The monoisotopic (exact) mass is 327 g/mol. The van der Waals surface area contributed by atoms with Gasteiger partial charge in [-0.2, -0.15) is 0 Å². The van der Waals surface area contributed by atoms with Crippen LogP contribution in [0.15, 0.2) is 40.9 Å². The Morgan fingerprint density at radius 3 is 2.53 bits per heavy atom. The quantitative estimate of drug-likeness (QED) is 0.883. The number of phenolic OH excluding ortho intramolecular Hbond substituents is 1. The molecule has 0 saturated heterocycles. The lowest BCUT2D eigenvalue weighted by Gasteiger charge is -2.07. The molecule has 2 N–H and O–H groups in total. The molecule has 0 atom stereocenters. The third-order valence-corrected chi connectivity index (χ3v) is 2.87. The number of benzene rings is 2. The summed E-state index contributed by atoms with van der Waals surface area (Å²) in [7, 11) is 0. The Kier molecular flexibility index (Phi) is 3.80. The maximum absolute atomic E-state index is 13.5. The van der Waals surface area contributed by atoms with Crippen molar-refractivity contribution in [1.29, 1.82) is 0 Å². The molecule has 0 saturated carbocycles. The summed E-state index contributed by atoms with van der Waals surface area (Å²) in [6.45, 7) is 0. The Labute approximate surface area is 116 Å². The lowest BCUT2D eigenvalue weighted by Crippen LogP contribution is -2.14. The van der Waals surface area contributed by atoms with Crippen LogP contribution in [0.25, 0.3) is 0 Å². The van der Waals surface area contributed by atoms with E-state index in [4.69, 9.17) is 5.11 Å². The molecule has 2 aromatic rings. The molecule has 0 spiro atoms. The summed E-state index contributed by atoms with van der Waals surface area (Å²) in [4.78, 5) is 11.8. The number of phenols is 1. The molecule has 0 aliphatic rings. The van der Waals surface area contributed by atoms with Crippen LogP contribution in [0, 0.1) is 11.6 Å². The predicted octanol–water partition coefficient (Wildman–Crippen LogP) is 3.69. The zero-order valence-electron chi connectivity index (χ0n) is 9.45. The molecule has 0 fully saturated rings. The van der Waals surface area contributed by atoms with Crippen molar-refractivity contribution >= 4 is 27.5 Å². The van der Waals surface area contributed by atoms with Crippen LogP contribution in [0.2, 0.25) is 0 Å². The Hall–Kier alpha value is -1.95. The molecule has 2 rings (SSSR count). The third kappa shape index (κ3) is 3.08. The molecule has 0 aliphatic carbocycles. The molecule has 19 heavy (non-hydrogen) atoms. The van der Waals surface area contributed by atoms with E-state index in [1.807, 2.05) is 0 Å². The van der Waals surface area contributed by atoms with Crippen LogP contribution in [0.1, 0.15) is 10.4 Å². The smallest absolute Gasteiger partial charge is 0.258 e. The molecule has 0 heterocycles. The van der Waals surface area contributed by atoms with E-state index in [9.17, 15) is 13.6 Å². The summed E-state index contributed by atoms with van der Waals surface area (Å²) < 4.78 is 27.5. The Bertz CT molecular complexity index is 647. The molecule has 1 amide bonds. The highest BCUT2D eigenvalue weighted by Crippen LogP contribution is 2.22. The normalized spacial score (nSPS) is 10.3. The summed E-state index contributed by atoms with van der Waals surface area (Å²) in [5.74, 6) is -2.60. The predicted molar refractivity (Wildman–Crippen MR) is 70.1 cm³/mol. The second-order valence-corrected chi connectivity index (χ2v) is 4.66. The van der Waals surface area contributed by atoms with Crippen LogP contribution >= 0.6 is 15.9 Å². The van der Waals surface area contributed by atoms with Crippen LogP contribution in [0.3, 0.4) is 0 Å². The van der Waals surface area contributed by atoms with Gasteiger partial charge in [-0.15, -0.1) is 0 Å². The van der Waals surface area contributed by atoms with Crippen molar-refractivity contribution in [3.63, 3.8) is 0 Å². The Balaban J connectivity index is 2.28. The first-order valence-corrected chi connectivity index (χ1v) is 6.01. The van der Waals surface area contributed by atoms with Crippen LogP contribution in [0.5, 0.6) is 5.75 Å². The summed E-state index contributed by atoms with van der Waals surface area (Å²) in [5, 5.41) is 11.3. The van der Waals surface area contributed by atoms with Gasteiger partial charge in [0.2, 0.25) is 0 Å². The molecule has 6 heteroatoms. The van der Waals surface area contributed by atoms with Gasteiger partial charge in [-0.1, -0.05) is 15.9 Å². The first-order valence-electron chi connectivity index (χ1n) is 5.22. The van der Waals surface area contributed by atoms with E-state index in [1.54, 1.807) is 0 Å². The topological polar surface area (TPSA) is 49.3 Å².